The molecule has 4 nitrogen and oxygen atoms in total. The van der Waals surface area contributed by atoms with Gasteiger partial charge in [-0.15, -0.1) is 0 Å². The SMILES string of the molecule is N#CC(Cc1ccc2ccccc2c1O)C(=O)O. The summed E-state index contributed by atoms with van der Waals surface area (Å²) in [6, 6.07) is 12.5. The van der Waals surface area contributed by atoms with Gasteiger partial charge in [0.15, 0.2) is 0 Å². The van der Waals surface area contributed by atoms with Crippen LogP contribution in [-0.4, -0.2) is 16.2 Å². The van der Waals surface area contributed by atoms with Crippen LogP contribution in [0.1, 0.15) is 5.56 Å². The Hall–Kier alpha value is -2.54. The highest BCUT2D eigenvalue weighted by atomic mass is 16.4. The van der Waals surface area contributed by atoms with Gasteiger partial charge in [-0.3, -0.25) is 4.79 Å². The summed E-state index contributed by atoms with van der Waals surface area (Å²) in [6.07, 6.45) is 0.00248. The monoisotopic (exact) mass is 241 g/mol. The van der Waals surface area contributed by atoms with Crippen molar-refractivity contribution >= 4 is 16.7 Å². The van der Waals surface area contributed by atoms with Crippen LogP contribution >= 0.6 is 0 Å². The fourth-order valence-corrected chi connectivity index (χ4v) is 1.87. The molecule has 0 amide bonds. The minimum atomic E-state index is -1.18. The highest BCUT2D eigenvalue weighted by molar-refractivity contribution is 5.89. The maximum absolute atomic E-state index is 10.8. The van der Waals surface area contributed by atoms with E-state index in [1.165, 1.54) is 0 Å². The zero-order valence-corrected chi connectivity index (χ0v) is 9.50. The van der Waals surface area contributed by atoms with Crippen LogP contribution in [0.2, 0.25) is 0 Å². The molecule has 1 unspecified atom stereocenters. The van der Waals surface area contributed by atoms with E-state index in [4.69, 9.17) is 10.4 Å². The van der Waals surface area contributed by atoms with Crippen molar-refractivity contribution in [3.8, 4) is 11.8 Å². The van der Waals surface area contributed by atoms with Crippen molar-refractivity contribution in [1.82, 2.24) is 0 Å². The largest absolute Gasteiger partial charge is 0.507 e. The normalized spacial score (nSPS) is 11.9. The molecule has 90 valence electrons. The van der Waals surface area contributed by atoms with Gasteiger partial charge in [-0.05, 0) is 10.9 Å². The number of carboxylic acid groups (broad SMARTS) is 1. The summed E-state index contributed by atoms with van der Waals surface area (Å²) < 4.78 is 0. The predicted molar refractivity (Wildman–Crippen MR) is 66.1 cm³/mol. The Morgan fingerprint density at radius 2 is 2.00 bits per heavy atom. The number of carboxylic acids is 1. The lowest BCUT2D eigenvalue weighted by Gasteiger charge is -2.09. The average molecular weight is 241 g/mol. The second-order valence-corrected chi connectivity index (χ2v) is 4.02. The van der Waals surface area contributed by atoms with E-state index in [1.54, 1.807) is 30.3 Å². The number of aliphatic carboxylic acids is 1. The van der Waals surface area contributed by atoms with Gasteiger partial charge in [0.2, 0.25) is 0 Å². The first-order chi connectivity index (χ1) is 8.63. The van der Waals surface area contributed by atoms with Gasteiger partial charge in [-0.2, -0.15) is 5.26 Å². The number of fused-ring (bicyclic) bond motifs is 1. The van der Waals surface area contributed by atoms with Crippen molar-refractivity contribution in [1.29, 1.82) is 5.26 Å². The first-order valence-electron chi connectivity index (χ1n) is 5.45. The molecular formula is C14H11NO3. The third kappa shape index (κ3) is 2.11. The quantitative estimate of drug-likeness (QED) is 0.863. The van der Waals surface area contributed by atoms with Crippen LogP contribution in [0.5, 0.6) is 5.75 Å². The molecule has 18 heavy (non-hydrogen) atoms. The Labute approximate surface area is 104 Å². The molecule has 0 aliphatic rings. The standard InChI is InChI=1S/C14H11NO3/c15-8-11(14(17)18)7-10-6-5-9-3-1-2-4-12(9)13(10)16/h1-6,11,16H,7H2,(H,17,18). The summed E-state index contributed by atoms with van der Waals surface area (Å²) >= 11 is 0. The molecule has 0 aromatic heterocycles. The lowest BCUT2D eigenvalue weighted by molar-refractivity contribution is -0.139. The second-order valence-electron chi connectivity index (χ2n) is 4.02. The van der Waals surface area contributed by atoms with E-state index in [1.807, 2.05) is 12.1 Å². The zero-order valence-electron chi connectivity index (χ0n) is 9.50. The molecule has 0 heterocycles. The molecule has 4 heteroatoms. The number of phenolic OH excluding ortho intramolecular Hbond substituents is 1. The van der Waals surface area contributed by atoms with Crippen LogP contribution in [0.4, 0.5) is 0 Å². The molecule has 2 N–H and O–H groups in total. The van der Waals surface area contributed by atoms with Gasteiger partial charge in [0.1, 0.15) is 11.7 Å². The van der Waals surface area contributed by atoms with E-state index in [9.17, 15) is 9.90 Å². The maximum Gasteiger partial charge on any atom is 0.321 e. The summed E-state index contributed by atoms with van der Waals surface area (Å²) in [6.45, 7) is 0. The van der Waals surface area contributed by atoms with Crippen molar-refractivity contribution in [2.24, 2.45) is 5.92 Å². The molecule has 2 rings (SSSR count). The second kappa shape index (κ2) is 4.76. The van der Waals surface area contributed by atoms with Gasteiger partial charge in [-0.1, -0.05) is 36.4 Å². The minimum Gasteiger partial charge on any atom is -0.507 e. The predicted octanol–water partition coefficient (Wildman–Crippen LogP) is 2.31. The number of benzene rings is 2. The van der Waals surface area contributed by atoms with Gasteiger partial charge in [0.25, 0.3) is 0 Å². The van der Waals surface area contributed by atoms with Crippen molar-refractivity contribution in [3.63, 3.8) is 0 Å². The summed E-state index contributed by atoms with van der Waals surface area (Å²) in [4.78, 5) is 10.8. The van der Waals surface area contributed by atoms with Gasteiger partial charge in [-0.25, -0.2) is 0 Å². The number of aromatic hydroxyl groups is 1. The zero-order chi connectivity index (χ0) is 13.1. The number of hydrogen-bond acceptors (Lipinski definition) is 3. The van der Waals surface area contributed by atoms with Gasteiger partial charge in [0, 0.05) is 11.8 Å². The number of phenols is 1. The van der Waals surface area contributed by atoms with Gasteiger partial charge in [0.05, 0.1) is 6.07 Å². The van der Waals surface area contributed by atoms with Crippen molar-refractivity contribution in [3.05, 3.63) is 42.0 Å². The lowest BCUT2D eigenvalue weighted by atomic mass is 9.97. The summed E-state index contributed by atoms with van der Waals surface area (Å²) in [7, 11) is 0. The first kappa shape index (κ1) is 11.9. The van der Waals surface area contributed by atoms with Crippen LogP contribution in [0.25, 0.3) is 10.8 Å². The highest BCUT2D eigenvalue weighted by Crippen LogP contribution is 2.30. The van der Waals surface area contributed by atoms with Crippen LogP contribution in [0.15, 0.2) is 36.4 Å². The van der Waals surface area contributed by atoms with E-state index in [0.717, 1.165) is 5.39 Å². The maximum atomic E-state index is 10.8. The number of hydrogen-bond donors (Lipinski definition) is 2. The Morgan fingerprint density at radius 1 is 1.28 bits per heavy atom. The topological polar surface area (TPSA) is 81.3 Å². The molecular weight excluding hydrogens is 230 g/mol. The molecule has 0 saturated carbocycles. The number of carbonyl (C=O) groups is 1. The van der Waals surface area contributed by atoms with E-state index < -0.39 is 11.9 Å². The third-order valence-electron chi connectivity index (χ3n) is 2.86. The van der Waals surface area contributed by atoms with E-state index in [-0.39, 0.29) is 12.2 Å². The van der Waals surface area contributed by atoms with E-state index in [0.29, 0.717) is 10.9 Å². The Morgan fingerprint density at radius 3 is 2.67 bits per heavy atom. The van der Waals surface area contributed by atoms with Crippen molar-refractivity contribution in [2.45, 2.75) is 6.42 Å². The molecule has 0 aliphatic heterocycles. The van der Waals surface area contributed by atoms with Crippen LogP contribution in [0.3, 0.4) is 0 Å². The Bertz CT molecular complexity index is 643. The molecule has 0 fully saturated rings. The van der Waals surface area contributed by atoms with Gasteiger partial charge >= 0.3 is 5.97 Å². The fourth-order valence-electron chi connectivity index (χ4n) is 1.87. The molecule has 0 bridgehead atoms. The average Bonchev–Trinajstić information content (AvgIpc) is 2.38. The van der Waals surface area contributed by atoms with E-state index in [2.05, 4.69) is 0 Å². The molecule has 1 atom stereocenters. The highest BCUT2D eigenvalue weighted by Gasteiger charge is 2.19. The lowest BCUT2D eigenvalue weighted by Crippen LogP contribution is -2.14. The first-order valence-corrected chi connectivity index (χ1v) is 5.45. The number of nitrogens with zero attached hydrogens (tertiary/aromatic N) is 1. The summed E-state index contributed by atoms with van der Waals surface area (Å²) in [5.41, 5.74) is 0.475. The van der Waals surface area contributed by atoms with Crippen molar-refractivity contribution < 1.29 is 15.0 Å². The molecule has 0 spiro atoms. The fraction of sp³-hybridized carbons (Fsp3) is 0.143. The van der Waals surface area contributed by atoms with Crippen molar-refractivity contribution in [2.75, 3.05) is 0 Å². The molecule has 0 radical (unpaired) electrons. The minimum absolute atomic E-state index is 0.00248. The number of nitriles is 1. The summed E-state index contributed by atoms with van der Waals surface area (Å²) in [5, 5.41) is 29.2. The van der Waals surface area contributed by atoms with Crippen LogP contribution < -0.4 is 0 Å². The molecule has 0 saturated heterocycles. The van der Waals surface area contributed by atoms with E-state index >= 15 is 0 Å². The smallest absolute Gasteiger partial charge is 0.321 e. The molecule has 2 aromatic rings. The Balaban J connectivity index is 2.44. The third-order valence-corrected chi connectivity index (χ3v) is 2.86. The van der Waals surface area contributed by atoms with Gasteiger partial charge < -0.3 is 10.2 Å². The number of rotatable bonds is 3. The van der Waals surface area contributed by atoms with Crippen LogP contribution in [0, 0.1) is 17.2 Å². The molecule has 0 aliphatic carbocycles. The molecule has 2 aromatic carbocycles. The summed E-state index contributed by atoms with van der Waals surface area (Å²) in [5.74, 6) is -2.27. The Kier molecular flexibility index (Phi) is 3.16. The van der Waals surface area contributed by atoms with Crippen LogP contribution in [-0.2, 0) is 11.2 Å².